The highest BCUT2D eigenvalue weighted by molar-refractivity contribution is 5.89. The first kappa shape index (κ1) is 18.5. The van der Waals surface area contributed by atoms with Crippen molar-refractivity contribution in [3.8, 4) is 0 Å². The Morgan fingerprint density at radius 1 is 0.962 bits per heavy atom. The van der Waals surface area contributed by atoms with Gasteiger partial charge >= 0.3 is 12.1 Å². The smallest absolute Gasteiger partial charge is 0.321 e. The monoisotopic (exact) mass is 358 g/mol. The van der Waals surface area contributed by atoms with Crippen molar-refractivity contribution in [2.24, 2.45) is 0 Å². The number of carbonyl (C=O) groups is 2. The molecule has 1 aliphatic carbocycles. The van der Waals surface area contributed by atoms with Crippen molar-refractivity contribution in [2.75, 3.05) is 18.4 Å². The van der Waals surface area contributed by atoms with Gasteiger partial charge in [-0.25, -0.2) is 9.59 Å². The molecule has 0 unspecified atom stereocenters. The number of nitrogens with one attached hydrogen (secondary N) is 3. The predicted molar refractivity (Wildman–Crippen MR) is 103 cm³/mol. The average molecular weight is 358 g/mol. The molecule has 0 bridgehead atoms. The molecule has 1 aromatic carbocycles. The number of aryl methyl sites for hydroxylation is 1. The molecule has 1 saturated carbocycles. The first-order valence-corrected chi connectivity index (χ1v) is 9.80. The topological polar surface area (TPSA) is 73.5 Å². The summed E-state index contributed by atoms with van der Waals surface area (Å²) in [5.41, 5.74) is 1.94. The van der Waals surface area contributed by atoms with E-state index in [1.165, 1.54) is 19.3 Å². The summed E-state index contributed by atoms with van der Waals surface area (Å²) >= 11 is 0. The Morgan fingerprint density at radius 3 is 2.27 bits per heavy atom. The lowest BCUT2D eigenvalue weighted by Crippen LogP contribution is -2.51. The molecule has 2 aliphatic rings. The van der Waals surface area contributed by atoms with E-state index >= 15 is 0 Å². The second-order valence-corrected chi connectivity index (χ2v) is 7.51. The molecule has 3 rings (SSSR count). The first-order valence-electron chi connectivity index (χ1n) is 9.80. The zero-order valence-corrected chi connectivity index (χ0v) is 15.6. The normalized spacial score (nSPS) is 19.0. The highest BCUT2D eigenvalue weighted by atomic mass is 16.2. The molecule has 4 amide bonds. The van der Waals surface area contributed by atoms with Crippen LogP contribution in [0, 0.1) is 6.92 Å². The Morgan fingerprint density at radius 2 is 1.62 bits per heavy atom. The molecule has 0 spiro atoms. The quantitative estimate of drug-likeness (QED) is 0.772. The molecular formula is C20H30N4O2. The third kappa shape index (κ3) is 5.38. The Bertz CT molecular complexity index is 620. The van der Waals surface area contributed by atoms with Gasteiger partial charge in [-0.2, -0.15) is 0 Å². The van der Waals surface area contributed by atoms with Crippen molar-refractivity contribution in [2.45, 2.75) is 64.0 Å². The lowest BCUT2D eigenvalue weighted by molar-refractivity contribution is 0.186. The van der Waals surface area contributed by atoms with Gasteiger partial charge in [0, 0.05) is 30.9 Å². The SMILES string of the molecule is Cc1cccc(NC(=O)N2CCC(NC(=O)NC3CCCCC3)CC2)c1. The van der Waals surface area contributed by atoms with Gasteiger partial charge in [0.25, 0.3) is 0 Å². The minimum Gasteiger partial charge on any atom is -0.335 e. The highest BCUT2D eigenvalue weighted by Crippen LogP contribution is 2.18. The molecular weight excluding hydrogens is 328 g/mol. The summed E-state index contributed by atoms with van der Waals surface area (Å²) in [5, 5.41) is 9.12. The molecule has 1 heterocycles. The third-order valence-corrected chi connectivity index (χ3v) is 5.33. The Hall–Kier alpha value is -2.24. The average Bonchev–Trinajstić information content (AvgIpc) is 2.63. The number of rotatable bonds is 3. The van der Waals surface area contributed by atoms with E-state index in [4.69, 9.17) is 0 Å². The van der Waals surface area contributed by atoms with Crippen LogP contribution in [0.2, 0.25) is 0 Å². The van der Waals surface area contributed by atoms with Gasteiger partial charge in [-0.15, -0.1) is 0 Å². The minimum absolute atomic E-state index is 0.0560. The zero-order chi connectivity index (χ0) is 18.4. The van der Waals surface area contributed by atoms with Crippen molar-refractivity contribution < 1.29 is 9.59 Å². The van der Waals surface area contributed by atoms with Gasteiger partial charge in [-0.1, -0.05) is 31.4 Å². The maximum Gasteiger partial charge on any atom is 0.321 e. The van der Waals surface area contributed by atoms with Crippen LogP contribution < -0.4 is 16.0 Å². The van der Waals surface area contributed by atoms with E-state index in [1.807, 2.05) is 36.1 Å². The van der Waals surface area contributed by atoms with E-state index in [-0.39, 0.29) is 18.1 Å². The van der Waals surface area contributed by atoms with Crippen LogP contribution in [-0.2, 0) is 0 Å². The number of carbonyl (C=O) groups excluding carboxylic acids is 2. The van der Waals surface area contributed by atoms with Crippen LogP contribution in [0.3, 0.4) is 0 Å². The molecule has 1 aromatic rings. The van der Waals surface area contributed by atoms with Crippen LogP contribution in [0.1, 0.15) is 50.5 Å². The van der Waals surface area contributed by atoms with Crippen LogP contribution in [0.5, 0.6) is 0 Å². The number of hydrogen-bond acceptors (Lipinski definition) is 2. The van der Waals surface area contributed by atoms with Crippen molar-refractivity contribution in [3.63, 3.8) is 0 Å². The maximum atomic E-state index is 12.4. The van der Waals surface area contributed by atoms with E-state index in [9.17, 15) is 9.59 Å². The number of anilines is 1. The largest absolute Gasteiger partial charge is 0.335 e. The number of piperidine rings is 1. The summed E-state index contributed by atoms with van der Waals surface area (Å²) in [5.74, 6) is 0. The standard InChI is InChI=1S/C20H30N4O2/c1-15-6-5-9-18(14-15)23-20(26)24-12-10-17(11-13-24)22-19(25)21-16-7-3-2-4-8-16/h5-6,9,14,16-17H,2-4,7-8,10-13H2,1H3,(H,23,26)(H2,21,22,25). The predicted octanol–water partition coefficient (Wildman–Crippen LogP) is 3.62. The highest BCUT2D eigenvalue weighted by Gasteiger charge is 2.24. The number of benzene rings is 1. The number of likely N-dealkylation sites (tertiary alicyclic amines) is 1. The molecule has 0 atom stereocenters. The third-order valence-electron chi connectivity index (χ3n) is 5.33. The van der Waals surface area contributed by atoms with Crippen molar-refractivity contribution in [1.29, 1.82) is 0 Å². The molecule has 6 heteroatoms. The van der Waals surface area contributed by atoms with Crippen molar-refractivity contribution in [1.82, 2.24) is 15.5 Å². The number of amides is 4. The fourth-order valence-corrected chi connectivity index (χ4v) is 3.81. The van der Waals surface area contributed by atoms with Crippen LogP contribution >= 0.6 is 0 Å². The summed E-state index contributed by atoms with van der Waals surface area (Å²) in [6.07, 6.45) is 7.45. The van der Waals surface area contributed by atoms with Crippen LogP contribution in [0.25, 0.3) is 0 Å². The van der Waals surface area contributed by atoms with Gasteiger partial charge < -0.3 is 20.9 Å². The summed E-state index contributed by atoms with van der Waals surface area (Å²) in [6.45, 7) is 3.32. The van der Waals surface area contributed by atoms with Crippen LogP contribution in [0.4, 0.5) is 15.3 Å². The summed E-state index contributed by atoms with van der Waals surface area (Å²) in [6, 6.07) is 8.14. The fraction of sp³-hybridized carbons (Fsp3) is 0.600. The van der Waals surface area contributed by atoms with Crippen molar-refractivity contribution >= 4 is 17.7 Å². The zero-order valence-electron chi connectivity index (χ0n) is 15.6. The Kier molecular flexibility index (Phi) is 6.36. The number of nitrogens with zero attached hydrogens (tertiary/aromatic N) is 1. The second-order valence-electron chi connectivity index (χ2n) is 7.51. The Labute approximate surface area is 155 Å². The summed E-state index contributed by atoms with van der Waals surface area (Å²) in [4.78, 5) is 26.4. The second kappa shape index (κ2) is 8.92. The van der Waals surface area contributed by atoms with Gasteiger partial charge in [-0.3, -0.25) is 0 Å². The first-order chi connectivity index (χ1) is 12.6. The van der Waals surface area contributed by atoms with Gasteiger partial charge in [0.1, 0.15) is 0 Å². The summed E-state index contributed by atoms with van der Waals surface area (Å²) < 4.78 is 0. The van der Waals surface area contributed by atoms with Crippen LogP contribution in [-0.4, -0.2) is 42.1 Å². The molecule has 0 aromatic heterocycles. The maximum absolute atomic E-state index is 12.4. The Balaban J connectivity index is 1.39. The van der Waals surface area contributed by atoms with Gasteiger partial charge in [0.05, 0.1) is 0 Å². The van der Waals surface area contributed by atoms with E-state index in [0.29, 0.717) is 19.1 Å². The molecule has 6 nitrogen and oxygen atoms in total. The van der Waals surface area contributed by atoms with Gasteiger partial charge in [-0.05, 0) is 50.3 Å². The van der Waals surface area contributed by atoms with E-state index in [2.05, 4.69) is 16.0 Å². The number of urea groups is 2. The molecule has 26 heavy (non-hydrogen) atoms. The number of hydrogen-bond donors (Lipinski definition) is 3. The molecule has 142 valence electrons. The van der Waals surface area contributed by atoms with Crippen LogP contribution in [0.15, 0.2) is 24.3 Å². The van der Waals surface area contributed by atoms with E-state index < -0.39 is 0 Å². The summed E-state index contributed by atoms with van der Waals surface area (Å²) in [7, 11) is 0. The molecule has 0 radical (unpaired) electrons. The van der Waals surface area contributed by atoms with Gasteiger partial charge in [0.15, 0.2) is 0 Å². The minimum atomic E-state index is -0.0688. The molecule has 2 fully saturated rings. The fourth-order valence-electron chi connectivity index (χ4n) is 3.81. The molecule has 3 N–H and O–H groups in total. The van der Waals surface area contributed by atoms with Crippen molar-refractivity contribution in [3.05, 3.63) is 29.8 Å². The van der Waals surface area contributed by atoms with Gasteiger partial charge in [0.2, 0.25) is 0 Å². The molecule has 1 saturated heterocycles. The van der Waals surface area contributed by atoms with E-state index in [0.717, 1.165) is 36.9 Å². The molecule has 1 aliphatic heterocycles. The van der Waals surface area contributed by atoms with E-state index in [1.54, 1.807) is 0 Å². The lowest BCUT2D eigenvalue weighted by atomic mass is 9.96. The lowest BCUT2D eigenvalue weighted by Gasteiger charge is -2.33.